The van der Waals surface area contributed by atoms with Crippen molar-refractivity contribution in [2.24, 2.45) is 12.0 Å². The maximum absolute atomic E-state index is 13.0. The Morgan fingerprint density at radius 3 is 2.33 bits per heavy atom. The quantitative estimate of drug-likeness (QED) is 0.252. The van der Waals surface area contributed by atoms with Crippen LogP contribution in [0.2, 0.25) is 0 Å². The minimum Gasteiger partial charge on any atom is -0.497 e. The highest BCUT2D eigenvalue weighted by Gasteiger charge is 2.30. The van der Waals surface area contributed by atoms with Gasteiger partial charge in [-0.2, -0.15) is 13.2 Å². The molecule has 33 heavy (non-hydrogen) atoms. The summed E-state index contributed by atoms with van der Waals surface area (Å²) in [6, 6.07) is 12.7. The lowest BCUT2D eigenvalue weighted by Crippen LogP contribution is -2.37. The Labute approximate surface area is 207 Å². The molecule has 3 aromatic rings. The number of hydrogen-bond acceptors (Lipinski definition) is 4. The molecule has 0 radical (unpaired) electrons. The summed E-state index contributed by atoms with van der Waals surface area (Å²) in [5, 5.41) is 14.5. The second-order valence-electron chi connectivity index (χ2n) is 7.14. The predicted octanol–water partition coefficient (Wildman–Crippen LogP) is 4.20. The molecule has 0 aliphatic heterocycles. The Morgan fingerprint density at radius 2 is 1.73 bits per heavy atom. The third-order valence-electron chi connectivity index (χ3n) is 4.89. The number of nitrogens with zero attached hydrogens (tertiary/aromatic N) is 4. The third kappa shape index (κ3) is 7.62. The van der Waals surface area contributed by atoms with E-state index in [1.54, 1.807) is 13.2 Å². The van der Waals surface area contributed by atoms with Crippen molar-refractivity contribution < 1.29 is 17.9 Å². The summed E-state index contributed by atoms with van der Waals surface area (Å²) in [4.78, 5) is 4.46. The zero-order valence-electron chi connectivity index (χ0n) is 18.5. The van der Waals surface area contributed by atoms with Crippen molar-refractivity contribution in [1.82, 2.24) is 25.4 Å². The van der Waals surface area contributed by atoms with Gasteiger partial charge in [-0.1, -0.05) is 24.3 Å². The average Bonchev–Trinajstić information content (AvgIpc) is 3.10. The van der Waals surface area contributed by atoms with Crippen LogP contribution in [-0.2, 0) is 32.9 Å². The maximum atomic E-state index is 13.0. The molecule has 7 nitrogen and oxygen atoms in total. The van der Waals surface area contributed by atoms with Crippen molar-refractivity contribution in [3.8, 4) is 5.75 Å². The van der Waals surface area contributed by atoms with E-state index in [9.17, 15) is 13.2 Å². The molecule has 3 rings (SSSR count). The molecule has 0 amide bonds. The number of methoxy groups -OCH3 is 1. The molecule has 11 heteroatoms. The van der Waals surface area contributed by atoms with Gasteiger partial charge in [0.2, 0.25) is 0 Å². The summed E-state index contributed by atoms with van der Waals surface area (Å²) in [6.45, 7) is 2.76. The van der Waals surface area contributed by atoms with Crippen LogP contribution in [0.15, 0.2) is 53.5 Å². The van der Waals surface area contributed by atoms with E-state index in [1.807, 2.05) is 42.8 Å². The van der Waals surface area contributed by atoms with Gasteiger partial charge < -0.3 is 19.9 Å². The van der Waals surface area contributed by atoms with E-state index in [2.05, 4.69) is 25.8 Å². The average molecular weight is 574 g/mol. The molecule has 2 N–H and O–H groups in total. The number of aromatic nitrogens is 3. The van der Waals surface area contributed by atoms with Crippen LogP contribution in [0.4, 0.5) is 13.2 Å². The molecule has 0 aliphatic carbocycles. The fourth-order valence-corrected chi connectivity index (χ4v) is 2.89. The number of halogens is 4. The fraction of sp³-hybridized carbons (Fsp3) is 0.318. The minimum absolute atomic E-state index is 0. The highest BCUT2D eigenvalue weighted by Crippen LogP contribution is 2.29. The molecule has 0 spiro atoms. The SMILES string of the molecule is COc1ccc(CNC(=NCc2cccc(C(F)(F)F)c2)NCc2nnc(C)n2C)cc1.I. The number of benzene rings is 2. The van der Waals surface area contributed by atoms with Gasteiger partial charge in [-0.25, -0.2) is 4.99 Å². The number of ether oxygens (including phenoxy) is 1. The molecule has 0 bridgehead atoms. The molecule has 0 unspecified atom stereocenters. The summed E-state index contributed by atoms with van der Waals surface area (Å²) >= 11 is 0. The second-order valence-corrected chi connectivity index (χ2v) is 7.14. The zero-order chi connectivity index (χ0) is 23.1. The highest BCUT2D eigenvalue weighted by molar-refractivity contribution is 14.0. The van der Waals surface area contributed by atoms with Crippen LogP contribution in [0, 0.1) is 6.92 Å². The first kappa shape index (κ1) is 26.4. The number of alkyl halides is 3. The summed E-state index contributed by atoms with van der Waals surface area (Å²) in [7, 11) is 3.46. The Bertz CT molecular complexity index is 1070. The Kier molecular flexibility index (Phi) is 9.50. The topological polar surface area (TPSA) is 76.4 Å². The molecule has 0 atom stereocenters. The van der Waals surface area contributed by atoms with E-state index in [0.717, 1.165) is 29.3 Å². The number of hydrogen-bond donors (Lipinski definition) is 2. The normalized spacial score (nSPS) is 11.6. The van der Waals surface area contributed by atoms with Crippen molar-refractivity contribution in [3.63, 3.8) is 0 Å². The maximum Gasteiger partial charge on any atom is 0.416 e. The van der Waals surface area contributed by atoms with Crippen LogP contribution in [0.1, 0.15) is 28.3 Å². The van der Waals surface area contributed by atoms with Crippen molar-refractivity contribution in [1.29, 1.82) is 0 Å². The van der Waals surface area contributed by atoms with Crippen LogP contribution in [0.3, 0.4) is 0 Å². The Morgan fingerprint density at radius 1 is 1.03 bits per heavy atom. The van der Waals surface area contributed by atoms with E-state index >= 15 is 0 Å². The Hall–Kier alpha value is -2.83. The van der Waals surface area contributed by atoms with Crippen molar-refractivity contribution in [3.05, 3.63) is 76.9 Å². The van der Waals surface area contributed by atoms with E-state index < -0.39 is 11.7 Å². The minimum atomic E-state index is -4.39. The van der Waals surface area contributed by atoms with Crippen LogP contribution in [0.25, 0.3) is 0 Å². The smallest absolute Gasteiger partial charge is 0.416 e. The molecule has 2 aromatic carbocycles. The summed E-state index contributed by atoms with van der Waals surface area (Å²) in [5.41, 5.74) is 0.759. The van der Waals surface area contributed by atoms with Crippen LogP contribution < -0.4 is 15.4 Å². The molecular weight excluding hydrogens is 548 g/mol. The first-order chi connectivity index (χ1) is 15.3. The van der Waals surface area contributed by atoms with Gasteiger partial charge in [0, 0.05) is 13.6 Å². The van der Waals surface area contributed by atoms with Gasteiger partial charge in [-0.3, -0.25) is 0 Å². The monoisotopic (exact) mass is 574 g/mol. The largest absolute Gasteiger partial charge is 0.497 e. The molecule has 1 aromatic heterocycles. The van der Waals surface area contributed by atoms with Gasteiger partial charge in [0.05, 0.1) is 25.8 Å². The molecular formula is C22H26F3IN6O. The fourth-order valence-electron chi connectivity index (χ4n) is 2.89. The van der Waals surface area contributed by atoms with Crippen molar-refractivity contribution >= 4 is 29.9 Å². The van der Waals surface area contributed by atoms with Crippen LogP contribution in [-0.4, -0.2) is 27.8 Å². The second kappa shape index (κ2) is 11.9. The van der Waals surface area contributed by atoms with Crippen LogP contribution >= 0.6 is 24.0 Å². The summed E-state index contributed by atoms with van der Waals surface area (Å²) < 4.78 is 46.0. The van der Waals surface area contributed by atoms with Crippen LogP contribution in [0.5, 0.6) is 5.75 Å². The van der Waals surface area contributed by atoms with Gasteiger partial charge in [0.25, 0.3) is 0 Å². The van der Waals surface area contributed by atoms with Crippen molar-refractivity contribution in [2.75, 3.05) is 7.11 Å². The Balaban J connectivity index is 0.00000385. The van der Waals surface area contributed by atoms with E-state index in [0.29, 0.717) is 30.4 Å². The molecule has 0 saturated carbocycles. The first-order valence-electron chi connectivity index (χ1n) is 9.92. The standard InChI is InChI=1S/C22H25F3N6O.HI/c1-15-29-30-20(31(15)2)14-28-21(26-12-16-7-9-19(32-3)10-8-16)27-13-17-5-4-6-18(11-17)22(23,24)25;/h4-11H,12-14H2,1-3H3,(H2,26,27,28);1H. The number of aliphatic imine (C=N–C) groups is 1. The van der Waals surface area contributed by atoms with Crippen molar-refractivity contribution in [2.45, 2.75) is 32.7 Å². The molecule has 0 aliphatic rings. The number of nitrogens with one attached hydrogen (secondary N) is 2. The molecule has 0 saturated heterocycles. The zero-order valence-corrected chi connectivity index (χ0v) is 20.8. The van der Waals surface area contributed by atoms with E-state index in [1.165, 1.54) is 6.07 Å². The lowest BCUT2D eigenvalue weighted by molar-refractivity contribution is -0.137. The summed E-state index contributed by atoms with van der Waals surface area (Å²) in [6.07, 6.45) is -4.39. The lowest BCUT2D eigenvalue weighted by Gasteiger charge is -2.13. The van der Waals surface area contributed by atoms with Gasteiger partial charge >= 0.3 is 6.18 Å². The molecule has 0 fully saturated rings. The lowest BCUT2D eigenvalue weighted by atomic mass is 10.1. The van der Waals surface area contributed by atoms with Gasteiger partial charge in [-0.05, 0) is 42.3 Å². The van der Waals surface area contributed by atoms with Gasteiger partial charge in [0.1, 0.15) is 11.6 Å². The number of aryl methyl sites for hydroxylation is 1. The first-order valence-corrected chi connectivity index (χ1v) is 9.92. The predicted molar refractivity (Wildman–Crippen MR) is 130 cm³/mol. The van der Waals surface area contributed by atoms with E-state index in [4.69, 9.17) is 4.74 Å². The van der Waals surface area contributed by atoms with Gasteiger partial charge in [0.15, 0.2) is 11.8 Å². The molecule has 178 valence electrons. The number of rotatable bonds is 7. The molecule has 1 heterocycles. The highest BCUT2D eigenvalue weighted by atomic mass is 127. The number of guanidine groups is 1. The van der Waals surface area contributed by atoms with E-state index in [-0.39, 0.29) is 30.5 Å². The summed E-state index contributed by atoms with van der Waals surface area (Å²) in [5.74, 6) is 2.68. The van der Waals surface area contributed by atoms with Gasteiger partial charge in [-0.15, -0.1) is 34.2 Å². The third-order valence-corrected chi connectivity index (χ3v) is 4.89.